The summed E-state index contributed by atoms with van der Waals surface area (Å²) in [5.74, 6) is -0.948. The molecule has 2 aromatic rings. The van der Waals surface area contributed by atoms with Crippen LogP contribution in [0.5, 0.6) is 11.5 Å². The van der Waals surface area contributed by atoms with Crippen molar-refractivity contribution in [3.8, 4) is 21.9 Å². The summed E-state index contributed by atoms with van der Waals surface area (Å²) in [5.41, 5.74) is 0.806. The molecule has 3 rings (SSSR count). The van der Waals surface area contributed by atoms with Gasteiger partial charge in [0, 0.05) is 11.3 Å². The average molecular weight is 383 g/mol. The number of carbonyl (C=O) groups is 2. The number of halogens is 2. The molecule has 0 spiro atoms. The summed E-state index contributed by atoms with van der Waals surface area (Å²) in [5, 5.41) is 11.1. The number of aliphatic carboxylic acids is 1. The van der Waals surface area contributed by atoms with Crippen LogP contribution in [0, 0.1) is 0 Å². The molecule has 0 radical (unpaired) electrons. The van der Waals surface area contributed by atoms with E-state index in [0.29, 0.717) is 24.7 Å². The summed E-state index contributed by atoms with van der Waals surface area (Å²) < 4.78 is 35.8. The Kier molecular flexibility index (Phi) is 5.36. The van der Waals surface area contributed by atoms with Crippen LogP contribution >= 0.6 is 11.3 Å². The van der Waals surface area contributed by atoms with Gasteiger partial charge < -0.3 is 19.9 Å². The maximum Gasteiger partial charge on any atom is 0.326 e. The van der Waals surface area contributed by atoms with E-state index in [1.54, 1.807) is 18.2 Å². The van der Waals surface area contributed by atoms with Gasteiger partial charge in [0.25, 0.3) is 5.91 Å². The van der Waals surface area contributed by atoms with Crippen molar-refractivity contribution in [1.29, 1.82) is 0 Å². The highest BCUT2D eigenvalue weighted by molar-refractivity contribution is 7.17. The Morgan fingerprint density at radius 1 is 1.15 bits per heavy atom. The van der Waals surface area contributed by atoms with E-state index in [9.17, 15) is 18.4 Å². The van der Waals surface area contributed by atoms with E-state index >= 15 is 0 Å². The lowest BCUT2D eigenvalue weighted by atomic mass is 10.1. The van der Waals surface area contributed by atoms with Gasteiger partial charge in [0.05, 0.1) is 4.88 Å². The molecule has 138 valence electrons. The molecule has 1 aliphatic rings. The van der Waals surface area contributed by atoms with E-state index in [2.05, 4.69) is 5.32 Å². The highest BCUT2D eigenvalue weighted by atomic mass is 32.1. The minimum Gasteiger partial charge on any atom is -0.486 e. The van der Waals surface area contributed by atoms with Gasteiger partial charge in [0.15, 0.2) is 11.5 Å². The van der Waals surface area contributed by atoms with Gasteiger partial charge in [-0.05, 0) is 35.9 Å². The van der Waals surface area contributed by atoms with Gasteiger partial charge >= 0.3 is 5.97 Å². The van der Waals surface area contributed by atoms with Crippen molar-refractivity contribution in [3.63, 3.8) is 0 Å². The van der Waals surface area contributed by atoms with Crippen LogP contribution in [-0.4, -0.2) is 42.7 Å². The molecule has 1 atom stereocenters. The smallest absolute Gasteiger partial charge is 0.326 e. The summed E-state index contributed by atoms with van der Waals surface area (Å²) in [6, 6.07) is 6.96. The van der Waals surface area contributed by atoms with Crippen LogP contribution in [0.25, 0.3) is 10.4 Å². The van der Waals surface area contributed by atoms with Crippen LogP contribution in [0.2, 0.25) is 0 Å². The molecule has 6 nitrogen and oxygen atoms in total. The van der Waals surface area contributed by atoms with Crippen LogP contribution in [0.15, 0.2) is 30.3 Å². The number of nitrogens with one attached hydrogen (secondary N) is 1. The zero-order valence-corrected chi connectivity index (χ0v) is 14.2. The van der Waals surface area contributed by atoms with Gasteiger partial charge in [-0.1, -0.05) is 0 Å². The van der Waals surface area contributed by atoms with E-state index < -0.39 is 30.8 Å². The number of alkyl halides is 2. The predicted molar refractivity (Wildman–Crippen MR) is 90.3 cm³/mol. The lowest BCUT2D eigenvalue weighted by Crippen LogP contribution is -2.41. The van der Waals surface area contributed by atoms with Gasteiger partial charge in [-0.15, -0.1) is 11.3 Å². The van der Waals surface area contributed by atoms with Crippen molar-refractivity contribution in [2.24, 2.45) is 0 Å². The SMILES string of the molecule is O=C(NC(CC(F)F)C(=O)O)c1ccc(-c2ccc3c(c2)OCCO3)s1. The number of amides is 1. The molecule has 2 heterocycles. The number of hydrogen-bond donors (Lipinski definition) is 2. The van der Waals surface area contributed by atoms with Crippen molar-refractivity contribution in [1.82, 2.24) is 5.32 Å². The molecule has 1 aliphatic heterocycles. The number of ether oxygens (including phenoxy) is 2. The van der Waals surface area contributed by atoms with Crippen LogP contribution in [0.3, 0.4) is 0 Å². The number of carboxylic acids is 1. The Balaban J connectivity index is 1.74. The second kappa shape index (κ2) is 7.69. The average Bonchev–Trinajstić information content (AvgIpc) is 3.10. The van der Waals surface area contributed by atoms with E-state index in [0.717, 1.165) is 21.8 Å². The lowest BCUT2D eigenvalue weighted by Gasteiger charge is -2.18. The molecule has 0 bridgehead atoms. The highest BCUT2D eigenvalue weighted by Crippen LogP contribution is 2.36. The first-order valence-electron chi connectivity index (χ1n) is 7.75. The predicted octanol–water partition coefficient (Wildman–Crippen LogP) is 3.02. The summed E-state index contributed by atoms with van der Waals surface area (Å²) in [7, 11) is 0. The molecule has 9 heteroatoms. The second-order valence-electron chi connectivity index (χ2n) is 5.51. The van der Waals surface area contributed by atoms with Crippen molar-refractivity contribution >= 4 is 23.2 Å². The van der Waals surface area contributed by atoms with Gasteiger partial charge in [-0.3, -0.25) is 4.79 Å². The topological polar surface area (TPSA) is 84.9 Å². The standard InChI is InChI=1S/C17H15F2NO5S/c18-15(19)8-10(17(22)23)20-16(21)14-4-3-13(26-14)9-1-2-11-12(7-9)25-6-5-24-11/h1-4,7,10,15H,5-6,8H2,(H,20,21)(H,22,23). The van der Waals surface area contributed by atoms with Gasteiger partial charge in [-0.2, -0.15) is 0 Å². The first-order chi connectivity index (χ1) is 12.4. The molecular formula is C17H15F2NO5S. The van der Waals surface area contributed by atoms with Gasteiger partial charge in [0.2, 0.25) is 6.43 Å². The minimum atomic E-state index is -2.83. The normalized spacial score (nSPS) is 14.1. The Morgan fingerprint density at radius 2 is 1.88 bits per heavy atom. The van der Waals surface area contributed by atoms with Crippen molar-refractivity contribution < 1.29 is 33.0 Å². The molecule has 1 amide bonds. The third kappa shape index (κ3) is 4.10. The zero-order chi connectivity index (χ0) is 18.7. The summed E-state index contributed by atoms with van der Waals surface area (Å²) in [6.45, 7) is 0.939. The quantitative estimate of drug-likeness (QED) is 0.801. The maximum atomic E-state index is 12.4. The molecule has 1 aromatic carbocycles. The number of carbonyl (C=O) groups excluding carboxylic acids is 1. The van der Waals surface area contributed by atoms with Crippen LogP contribution in [-0.2, 0) is 4.79 Å². The van der Waals surface area contributed by atoms with E-state index in [4.69, 9.17) is 14.6 Å². The fourth-order valence-corrected chi connectivity index (χ4v) is 3.35. The monoisotopic (exact) mass is 383 g/mol. The number of thiophene rings is 1. The molecule has 2 N–H and O–H groups in total. The van der Waals surface area contributed by atoms with Crippen molar-refractivity contribution in [2.45, 2.75) is 18.9 Å². The van der Waals surface area contributed by atoms with Gasteiger partial charge in [0.1, 0.15) is 19.3 Å². The maximum absolute atomic E-state index is 12.4. The van der Waals surface area contributed by atoms with E-state index in [1.807, 2.05) is 6.07 Å². The minimum absolute atomic E-state index is 0.232. The largest absolute Gasteiger partial charge is 0.486 e. The highest BCUT2D eigenvalue weighted by Gasteiger charge is 2.25. The Bertz CT molecular complexity index is 823. The molecule has 0 saturated heterocycles. The van der Waals surface area contributed by atoms with Crippen LogP contribution < -0.4 is 14.8 Å². The summed E-state index contributed by atoms with van der Waals surface area (Å²) in [6.07, 6.45) is -3.77. The fraction of sp³-hybridized carbons (Fsp3) is 0.294. The molecule has 26 heavy (non-hydrogen) atoms. The molecule has 1 unspecified atom stereocenters. The number of benzene rings is 1. The fourth-order valence-electron chi connectivity index (χ4n) is 2.44. The molecule has 0 aliphatic carbocycles. The molecule has 1 aromatic heterocycles. The van der Waals surface area contributed by atoms with Crippen LogP contribution in [0.1, 0.15) is 16.1 Å². The van der Waals surface area contributed by atoms with Crippen LogP contribution in [0.4, 0.5) is 8.78 Å². The van der Waals surface area contributed by atoms with E-state index in [1.165, 1.54) is 6.07 Å². The first kappa shape index (κ1) is 18.1. The third-order valence-corrected chi connectivity index (χ3v) is 4.81. The molecular weight excluding hydrogens is 368 g/mol. The number of carboxylic acid groups (broad SMARTS) is 1. The van der Waals surface area contributed by atoms with E-state index in [-0.39, 0.29) is 4.88 Å². The first-order valence-corrected chi connectivity index (χ1v) is 8.57. The second-order valence-corrected chi connectivity index (χ2v) is 6.60. The van der Waals surface area contributed by atoms with Crippen molar-refractivity contribution in [3.05, 3.63) is 35.2 Å². The number of fused-ring (bicyclic) bond motifs is 1. The van der Waals surface area contributed by atoms with Gasteiger partial charge in [-0.25, -0.2) is 13.6 Å². The lowest BCUT2D eigenvalue weighted by molar-refractivity contribution is -0.140. The Labute approximate surface area is 151 Å². The molecule has 0 fully saturated rings. The number of hydrogen-bond acceptors (Lipinski definition) is 5. The molecule has 0 saturated carbocycles. The Hall–Kier alpha value is -2.68. The Morgan fingerprint density at radius 3 is 2.58 bits per heavy atom. The number of rotatable bonds is 6. The van der Waals surface area contributed by atoms with Crippen molar-refractivity contribution in [2.75, 3.05) is 13.2 Å². The third-order valence-electron chi connectivity index (χ3n) is 3.67. The summed E-state index contributed by atoms with van der Waals surface area (Å²) >= 11 is 1.13. The summed E-state index contributed by atoms with van der Waals surface area (Å²) in [4.78, 5) is 24.1. The zero-order valence-electron chi connectivity index (χ0n) is 13.4.